The number of guanidine groups is 1. The van der Waals surface area contributed by atoms with Crippen molar-refractivity contribution >= 4 is 41.3 Å². The number of fused-ring (bicyclic) bond motifs is 1. The largest absolute Gasteiger partial charge is 0.355 e. The standard InChI is InChI=1S/C14H20N4S.HI/c1-3-6-16-14(15-2)17-7-9-18-8-4-13-12(11-18)5-10-19-13;/h1,5,10H,4,6-9,11H2,2H3,(H2,15,16,17);1H. The SMILES string of the molecule is C#CCNC(=NC)NCCN1CCc2sccc2C1.I. The van der Waals surface area contributed by atoms with Gasteiger partial charge in [-0.1, -0.05) is 5.92 Å². The van der Waals surface area contributed by atoms with Crippen molar-refractivity contribution in [3.05, 3.63) is 21.9 Å². The van der Waals surface area contributed by atoms with Crippen LogP contribution in [0.15, 0.2) is 16.4 Å². The van der Waals surface area contributed by atoms with Crippen LogP contribution in [-0.2, 0) is 13.0 Å². The molecule has 1 aromatic heterocycles. The van der Waals surface area contributed by atoms with Crippen LogP contribution in [0.5, 0.6) is 0 Å². The fraction of sp³-hybridized carbons (Fsp3) is 0.500. The molecule has 6 heteroatoms. The fourth-order valence-corrected chi connectivity index (χ4v) is 3.08. The number of nitrogens with one attached hydrogen (secondary N) is 2. The first kappa shape index (κ1) is 17.3. The molecule has 0 unspecified atom stereocenters. The molecule has 0 amide bonds. The van der Waals surface area contributed by atoms with Crippen LogP contribution in [-0.4, -0.2) is 44.1 Å². The monoisotopic (exact) mass is 404 g/mol. The fourth-order valence-electron chi connectivity index (χ4n) is 2.19. The van der Waals surface area contributed by atoms with Crippen molar-refractivity contribution in [2.24, 2.45) is 4.99 Å². The Bertz CT molecular complexity index is 478. The molecule has 1 aromatic rings. The van der Waals surface area contributed by atoms with Gasteiger partial charge in [-0.05, 0) is 23.4 Å². The van der Waals surface area contributed by atoms with E-state index in [0.29, 0.717) is 6.54 Å². The molecule has 2 heterocycles. The molecule has 20 heavy (non-hydrogen) atoms. The minimum absolute atomic E-state index is 0. The van der Waals surface area contributed by atoms with Crippen molar-refractivity contribution in [1.82, 2.24) is 15.5 Å². The summed E-state index contributed by atoms with van der Waals surface area (Å²) in [5.41, 5.74) is 1.49. The van der Waals surface area contributed by atoms with Crippen molar-refractivity contribution in [3.63, 3.8) is 0 Å². The van der Waals surface area contributed by atoms with E-state index in [1.807, 2.05) is 11.3 Å². The molecule has 0 aromatic carbocycles. The molecule has 0 saturated carbocycles. The van der Waals surface area contributed by atoms with Gasteiger partial charge in [0, 0.05) is 38.1 Å². The Balaban J connectivity index is 0.00000200. The Morgan fingerprint density at radius 2 is 2.40 bits per heavy atom. The van der Waals surface area contributed by atoms with Crippen molar-refractivity contribution in [3.8, 4) is 12.3 Å². The predicted molar refractivity (Wildman–Crippen MR) is 96.9 cm³/mol. The van der Waals surface area contributed by atoms with Crippen molar-refractivity contribution in [2.75, 3.05) is 33.2 Å². The van der Waals surface area contributed by atoms with E-state index in [2.05, 4.69) is 37.9 Å². The summed E-state index contributed by atoms with van der Waals surface area (Å²) in [5.74, 6) is 3.31. The molecule has 0 bridgehead atoms. The lowest BCUT2D eigenvalue weighted by atomic mass is 10.1. The first-order valence-electron chi connectivity index (χ1n) is 6.49. The molecular weight excluding hydrogens is 383 g/mol. The van der Waals surface area contributed by atoms with Gasteiger partial charge in [-0.25, -0.2) is 0 Å². The van der Waals surface area contributed by atoms with E-state index in [1.165, 1.54) is 12.0 Å². The Morgan fingerprint density at radius 3 is 3.15 bits per heavy atom. The van der Waals surface area contributed by atoms with Crippen LogP contribution in [0.1, 0.15) is 10.4 Å². The van der Waals surface area contributed by atoms with Gasteiger partial charge < -0.3 is 10.6 Å². The van der Waals surface area contributed by atoms with E-state index in [1.54, 1.807) is 11.9 Å². The third-order valence-electron chi connectivity index (χ3n) is 3.19. The summed E-state index contributed by atoms with van der Waals surface area (Å²) in [6.07, 6.45) is 6.39. The highest BCUT2D eigenvalue weighted by molar-refractivity contribution is 14.0. The van der Waals surface area contributed by atoms with E-state index in [0.717, 1.165) is 32.1 Å². The Morgan fingerprint density at radius 1 is 1.55 bits per heavy atom. The third-order valence-corrected chi connectivity index (χ3v) is 4.21. The van der Waals surface area contributed by atoms with Crippen LogP contribution >= 0.6 is 35.3 Å². The van der Waals surface area contributed by atoms with E-state index in [9.17, 15) is 0 Å². The van der Waals surface area contributed by atoms with Crippen LogP contribution < -0.4 is 10.6 Å². The van der Waals surface area contributed by atoms with Crippen molar-refractivity contribution in [1.29, 1.82) is 0 Å². The molecule has 1 aliphatic rings. The molecule has 2 rings (SSSR count). The maximum absolute atomic E-state index is 5.21. The van der Waals surface area contributed by atoms with Gasteiger partial charge in [0.15, 0.2) is 5.96 Å². The molecule has 0 radical (unpaired) electrons. The minimum atomic E-state index is 0. The maximum Gasteiger partial charge on any atom is 0.191 e. The topological polar surface area (TPSA) is 39.7 Å². The molecule has 1 aliphatic heterocycles. The number of nitrogens with zero attached hydrogens (tertiary/aromatic N) is 2. The van der Waals surface area contributed by atoms with Crippen molar-refractivity contribution < 1.29 is 0 Å². The van der Waals surface area contributed by atoms with Crippen LogP contribution in [0.3, 0.4) is 0 Å². The molecule has 110 valence electrons. The molecule has 0 atom stereocenters. The average Bonchev–Trinajstić information content (AvgIpc) is 2.90. The second-order valence-electron chi connectivity index (χ2n) is 4.45. The van der Waals surface area contributed by atoms with Crippen LogP contribution in [0, 0.1) is 12.3 Å². The number of hydrogen-bond acceptors (Lipinski definition) is 3. The zero-order chi connectivity index (χ0) is 13.5. The second kappa shape index (κ2) is 9.21. The summed E-state index contributed by atoms with van der Waals surface area (Å²) in [5, 5.41) is 8.52. The Kier molecular flexibility index (Phi) is 7.95. The highest BCUT2D eigenvalue weighted by Crippen LogP contribution is 2.23. The quantitative estimate of drug-likeness (QED) is 0.346. The number of hydrogen-bond donors (Lipinski definition) is 2. The first-order chi connectivity index (χ1) is 9.33. The average molecular weight is 404 g/mol. The molecule has 0 aliphatic carbocycles. The van der Waals surface area contributed by atoms with Gasteiger partial charge in [-0.2, -0.15) is 0 Å². The first-order valence-corrected chi connectivity index (χ1v) is 7.37. The summed E-state index contributed by atoms with van der Waals surface area (Å²) in [4.78, 5) is 8.14. The highest BCUT2D eigenvalue weighted by Gasteiger charge is 2.16. The van der Waals surface area contributed by atoms with E-state index in [-0.39, 0.29) is 24.0 Å². The van der Waals surface area contributed by atoms with Gasteiger partial charge in [-0.15, -0.1) is 41.7 Å². The maximum atomic E-state index is 5.21. The number of rotatable bonds is 4. The molecule has 4 nitrogen and oxygen atoms in total. The van der Waals surface area contributed by atoms with Crippen LogP contribution in [0.2, 0.25) is 0 Å². The molecule has 0 fully saturated rings. The lowest BCUT2D eigenvalue weighted by Crippen LogP contribution is -2.42. The summed E-state index contributed by atoms with van der Waals surface area (Å²) in [6.45, 7) is 4.61. The zero-order valence-corrected chi connectivity index (χ0v) is 14.8. The lowest BCUT2D eigenvalue weighted by molar-refractivity contribution is 0.260. The Hall–Kier alpha value is -0.780. The van der Waals surface area contributed by atoms with E-state index < -0.39 is 0 Å². The number of aliphatic imine (C=N–C) groups is 1. The van der Waals surface area contributed by atoms with Gasteiger partial charge in [-0.3, -0.25) is 9.89 Å². The smallest absolute Gasteiger partial charge is 0.191 e. The summed E-state index contributed by atoms with van der Waals surface area (Å²) >= 11 is 1.88. The lowest BCUT2D eigenvalue weighted by Gasteiger charge is -2.27. The highest BCUT2D eigenvalue weighted by atomic mass is 127. The van der Waals surface area contributed by atoms with Crippen molar-refractivity contribution in [2.45, 2.75) is 13.0 Å². The number of halogens is 1. The normalized spacial score (nSPS) is 14.9. The third kappa shape index (κ3) is 4.96. The minimum Gasteiger partial charge on any atom is -0.355 e. The summed E-state index contributed by atoms with van der Waals surface area (Å²) in [6, 6.07) is 2.24. The molecule has 0 saturated heterocycles. The van der Waals surface area contributed by atoms with Gasteiger partial charge in [0.25, 0.3) is 0 Å². The zero-order valence-electron chi connectivity index (χ0n) is 11.7. The van der Waals surface area contributed by atoms with Crippen LogP contribution in [0.4, 0.5) is 0 Å². The van der Waals surface area contributed by atoms with Gasteiger partial charge in [0.05, 0.1) is 6.54 Å². The molecular formula is C14H21IN4S. The molecule has 0 spiro atoms. The van der Waals surface area contributed by atoms with E-state index in [4.69, 9.17) is 6.42 Å². The van der Waals surface area contributed by atoms with Gasteiger partial charge >= 0.3 is 0 Å². The predicted octanol–water partition coefficient (Wildman–Crippen LogP) is 1.52. The van der Waals surface area contributed by atoms with Crippen LogP contribution in [0.25, 0.3) is 0 Å². The number of thiophene rings is 1. The second-order valence-corrected chi connectivity index (χ2v) is 5.45. The summed E-state index contributed by atoms with van der Waals surface area (Å²) < 4.78 is 0. The van der Waals surface area contributed by atoms with E-state index >= 15 is 0 Å². The molecule has 2 N–H and O–H groups in total. The number of terminal acetylenes is 1. The summed E-state index contributed by atoms with van der Waals surface area (Å²) in [7, 11) is 1.75. The van der Waals surface area contributed by atoms with Gasteiger partial charge in [0.1, 0.15) is 0 Å². The van der Waals surface area contributed by atoms with Gasteiger partial charge in [0.2, 0.25) is 0 Å². The Labute approximate surface area is 142 Å².